The lowest BCUT2D eigenvalue weighted by molar-refractivity contribution is -0.118. The van der Waals surface area contributed by atoms with Crippen molar-refractivity contribution in [3.8, 4) is 0 Å². The zero-order chi connectivity index (χ0) is 17.9. The number of aromatic nitrogens is 3. The van der Waals surface area contributed by atoms with E-state index in [0.717, 1.165) is 0 Å². The first kappa shape index (κ1) is 18.0. The van der Waals surface area contributed by atoms with E-state index in [1.807, 2.05) is 13.8 Å². The maximum Gasteiger partial charge on any atom is 0.343 e. The van der Waals surface area contributed by atoms with E-state index >= 15 is 0 Å². The van der Waals surface area contributed by atoms with E-state index in [9.17, 15) is 14.4 Å². The molecule has 0 saturated heterocycles. The molecule has 128 valence electrons. The zero-order valence-electron chi connectivity index (χ0n) is 14.0. The van der Waals surface area contributed by atoms with Gasteiger partial charge in [-0.05, 0) is 31.2 Å². The molecule has 0 unspecified atom stereocenters. The first-order valence-electron chi connectivity index (χ1n) is 7.52. The second kappa shape index (κ2) is 7.48. The molecule has 1 aromatic carbocycles. The summed E-state index contributed by atoms with van der Waals surface area (Å²) in [6.45, 7) is 5.39. The molecule has 1 heterocycles. The molecule has 0 fully saturated rings. The predicted octanol–water partition coefficient (Wildman–Crippen LogP) is 2.07. The van der Waals surface area contributed by atoms with Crippen molar-refractivity contribution in [1.82, 2.24) is 14.8 Å². The molecule has 1 atom stereocenters. The number of aromatic amines is 1. The van der Waals surface area contributed by atoms with Crippen LogP contribution in [0.25, 0.3) is 0 Å². The summed E-state index contributed by atoms with van der Waals surface area (Å²) < 4.78 is 1.36. The maximum atomic E-state index is 12.5. The number of hydrogen-bond donors (Lipinski definition) is 2. The Morgan fingerprint density at radius 1 is 1.21 bits per heavy atom. The molecule has 0 radical (unpaired) electrons. The van der Waals surface area contributed by atoms with Crippen molar-refractivity contribution < 1.29 is 9.59 Å². The number of hydrogen-bond acceptors (Lipinski definition) is 5. The quantitative estimate of drug-likeness (QED) is 0.615. The average molecular weight is 348 g/mol. The van der Waals surface area contributed by atoms with Gasteiger partial charge in [0.25, 0.3) is 0 Å². The van der Waals surface area contributed by atoms with Gasteiger partial charge in [-0.2, -0.15) is 0 Å². The van der Waals surface area contributed by atoms with E-state index < -0.39 is 5.25 Å². The molecule has 2 N–H and O–H groups in total. The predicted molar refractivity (Wildman–Crippen MR) is 93.4 cm³/mol. The Balaban J connectivity index is 2.05. The molecule has 0 aliphatic carbocycles. The van der Waals surface area contributed by atoms with Crippen molar-refractivity contribution in [3.63, 3.8) is 0 Å². The van der Waals surface area contributed by atoms with Crippen LogP contribution in [-0.2, 0) is 11.8 Å². The Morgan fingerprint density at radius 2 is 1.83 bits per heavy atom. The van der Waals surface area contributed by atoms with E-state index in [0.29, 0.717) is 16.4 Å². The van der Waals surface area contributed by atoms with Gasteiger partial charge < -0.3 is 5.32 Å². The third-order valence-electron chi connectivity index (χ3n) is 3.45. The van der Waals surface area contributed by atoms with Crippen LogP contribution in [0.2, 0.25) is 0 Å². The number of carbonyl (C=O) groups is 2. The molecule has 0 spiro atoms. The van der Waals surface area contributed by atoms with Gasteiger partial charge >= 0.3 is 5.69 Å². The number of rotatable bonds is 6. The summed E-state index contributed by atoms with van der Waals surface area (Å²) in [7, 11) is 1.59. The number of nitrogens with zero attached hydrogens (tertiary/aromatic N) is 2. The van der Waals surface area contributed by atoms with Crippen LogP contribution in [0.15, 0.2) is 34.2 Å². The first-order valence-corrected chi connectivity index (χ1v) is 8.40. The Bertz CT molecular complexity index is 792. The molecule has 1 aromatic heterocycles. The summed E-state index contributed by atoms with van der Waals surface area (Å²) in [5.41, 5.74) is 0.876. The second-order valence-electron chi connectivity index (χ2n) is 5.72. The highest BCUT2D eigenvalue weighted by Gasteiger charge is 2.19. The molecule has 0 saturated carbocycles. The lowest BCUT2D eigenvalue weighted by Gasteiger charge is -2.11. The highest BCUT2D eigenvalue weighted by molar-refractivity contribution is 8.00. The van der Waals surface area contributed by atoms with E-state index in [2.05, 4.69) is 15.5 Å². The molecule has 0 aliphatic heterocycles. The summed E-state index contributed by atoms with van der Waals surface area (Å²) in [4.78, 5) is 35.5. The molecule has 1 amide bonds. The van der Waals surface area contributed by atoms with Crippen molar-refractivity contribution in [1.29, 1.82) is 0 Å². The number of anilines is 1. The highest BCUT2D eigenvalue weighted by Crippen LogP contribution is 2.23. The molecule has 2 rings (SSSR count). The van der Waals surface area contributed by atoms with E-state index in [-0.39, 0.29) is 23.3 Å². The van der Waals surface area contributed by atoms with Crippen molar-refractivity contribution in [2.45, 2.75) is 31.2 Å². The molecule has 7 nitrogen and oxygen atoms in total. The van der Waals surface area contributed by atoms with Gasteiger partial charge in [-0.1, -0.05) is 25.6 Å². The Kier molecular flexibility index (Phi) is 5.61. The molecule has 24 heavy (non-hydrogen) atoms. The van der Waals surface area contributed by atoms with Crippen LogP contribution in [0.4, 0.5) is 5.69 Å². The number of benzene rings is 1. The van der Waals surface area contributed by atoms with Gasteiger partial charge in [0.2, 0.25) is 5.91 Å². The summed E-state index contributed by atoms with van der Waals surface area (Å²) >= 11 is 1.21. The van der Waals surface area contributed by atoms with Crippen molar-refractivity contribution in [3.05, 3.63) is 40.3 Å². The van der Waals surface area contributed by atoms with Crippen LogP contribution in [0.5, 0.6) is 0 Å². The summed E-state index contributed by atoms with van der Waals surface area (Å²) in [6, 6.07) is 6.77. The van der Waals surface area contributed by atoms with E-state index in [4.69, 9.17) is 0 Å². The summed E-state index contributed by atoms with van der Waals surface area (Å²) in [5.74, 6) is -0.252. The van der Waals surface area contributed by atoms with E-state index in [1.54, 1.807) is 38.2 Å². The molecule has 8 heteroatoms. The molecule has 0 bridgehead atoms. The second-order valence-corrected chi connectivity index (χ2v) is 7.02. The van der Waals surface area contributed by atoms with Crippen LogP contribution in [0.3, 0.4) is 0 Å². The smallest absolute Gasteiger partial charge is 0.326 e. The fourth-order valence-corrected chi connectivity index (χ4v) is 2.79. The molecule has 2 aromatic rings. The van der Waals surface area contributed by atoms with Gasteiger partial charge in [0, 0.05) is 24.2 Å². The monoisotopic (exact) mass is 348 g/mol. The van der Waals surface area contributed by atoms with Gasteiger partial charge in [0.05, 0.1) is 5.25 Å². The van der Waals surface area contributed by atoms with Crippen LogP contribution >= 0.6 is 11.8 Å². The lowest BCUT2D eigenvalue weighted by atomic mass is 10.1. The standard InChI is InChI=1S/C16H20N4O3S/c1-9(2)14(22)17-12-7-5-11(6-8-12)13(21)10(3)24-16-19-18-15(23)20(16)4/h5-10H,1-4H3,(H,17,22)(H,18,23)/t10-/m1/s1. The number of Topliss-reactive ketones (excluding diaryl/α,β-unsaturated/α-hetero) is 1. The van der Waals surface area contributed by atoms with E-state index in [1.165, 1.54) is 16.3 Å². The normalized spacial score (nSPS) is 12.2. The Morgan fingerprint density at radius 3 is 2.33 bits per heavy atom. The minimum atomic E-state index is -0.394. The van der Waals surface area contributed by atoms with Crippen LogP contribution in [0.1, 0.15) is 31.1 Å². The van der Waals surface area contributed by atoms with Gasteiger partial charge in [0.15, 0.2) is 10.9 Å². The molecular weight excluding hydrogens is 328 g/mol. The number of amides is 1. The van der Waals surface area contributed by atoms with Gasteiger partial charge in [0.1, 0.15) is 0 Å². The topological polar surface area (TPSA) is 96.8 Å². The lowest BCUT2D eigenvalue weighted by Crippen LogP contribution is -2.18. The number of thioether (sulfide) groups is 1. The van der Waals surface area contributed by atoms with Crippen LogP contribution in [0, 0.1) is 5.92 Å². The van der Waals surface area contributed by atoms with Crippen molar-refractivity contribution in [2.24, 2.45) is 13.0 Å². The van der Waals surface area contributed by atoms with Gasteiger partial charge in [-0.25, -0.2) is 9.89 Å². The fraction of sp³-hybridized carbons (Fsp3) is 0.375. The molecular formula is C16H20N4O3S. The summed E-state index contributed by atoms with van der Waals surface area (Å²) in [5, 5.41) is 9.07. The van der Waals surface area contributed by atoms with Crippen LogP contribution < -0.4 is 11.0 Å². The van der Waals surface area contributed by atoms with Crippen LogP contribution in [-0.4, -0.2) is 31.7 Å². The first-order chi connectivity index (χ1) is 11.3. The largest absolute Gasteiger partial charge is 0.343 e. The van der Waals surface area contributed by atoms with Crippen molar-refractivity contribution in [2.75, 3.05) is 5.32 Å². The highest BCUT2D eigenvalue weighted by atomic mass is 32.2. The fourth-order valence-electron chi connectivity index (χ4n) is 1.89. The number of ketones is 1. The summed E-state index contributed by atoms with van der Waals surface area (Å²) in [6.07, 6.45) is 0. The third kappa shape index (κ3) is 4.14. The zero-order valence-corrected chi connectivity index (χ0v) is 14.8. The SMILES string of the molecule is CC(C)C(=O)Nc1ccc(C(=O)[C@@H](C)Sc2n[nH]c(=O)n2C)cc1. The Labute approximate surface area is 143 Å². The third-order valence-corrected chi connectivity index (χ3v) is 4.60. The average Bonchev–Trinajstić information content (AvgIpc) is 2.86. The maximum absolute atomic E-state index is 12.5. The number of H-pyrrole nitrogens is 1. The number of carbonyl (C=O) groups excluding carboxylic acids is 2. The Hall–Kier alpha value is -2.35. The minimum Gasteiger partial charge on any atom is -0.326 e. The minimum absolute atomic E-state index is 0.0718. The number of nitrogens with one attached hydrogen (secondary N) is 2. The van der Waals surface area contributed by atoms with Crippen molar-refractivity contribution >= 4 is 29.1 Å². The van der Waals surface area contributed by atoms with Gasteiger partial charge in [-0.15, -0.1) is 5.10 Å². The molecule has 0 aliphatic rings. The van der Waals surface area contributed by atoms with Gasteiger partial charge in [-0.3, -0.25) is 14.2 Å².